The number of rotatable bonds is 5. The van der Waals surface area contributed by atoms with Gasteiger partial charge in [-0.05, 0) is 60.9 Å². The molecule has 0 fully saturated rings. The van der Waals surface area contributed by atoms with Crippen LogP contribution in [0.2, 0.25) is 0 Å². The summed E-state index contributed by atoms with van der Waals surface area (Å²) in [4.78, 5) is 1.25. The molecule has 0 aliphatic heterocycles. The number of thioether (sulfide) groups is 1. The van der Waals surface area contributed by atoms with E-state index in [1.165, 1.54) is 21.6 Å². The molecule has 2 aromatic rings. The Hall–Kier alpha value is -1.81. The van der Waals surface area contributed by atoms with Gasteiger partial charge in [0.1, 0.15) is 0 Å². The Kier molecular flexibility index (Phi) is 5.02. The third-order valence-corrected chi connectivity index (χ3v) is 4.65. The lowest BCUT2D eigenvalue weighted by molar-refractivity contribution is 0.354. The monoisotopic (exact) mass is 303 g/mol. The van der Waals surface area contributed by atoms with Crippen molar-refractivity contribution in [2.45, 2.75) is 24.5 Å². The highest BCUT2D eigenvalue weighted by Crippen LogP contribution is 2.34. The largest absolute Gasteiger partial charge is 0.493 e. The van der Waals surface area contributed by atoms with E-state index in [9.17, 15) is 0 Å². The summed E-state index contributed by atoms with van der Waals surface area (Å²) in [6.07, 6.45) is 0. The van der Waals surface area contributed by atoms with Gasteiger partial charge in [0.15, 0.2) is 11.5 Å². The summed E-state index contributed by atoms with van der Waals surface area (Å²) in [6, 6.07) is 10.1. The van der Waals surface area contributed by atoms with Crippen LogP contribution in [-0.2, 0) is 5.75 Å². The van der Waals surface area contributed by atoms with Crippen LogP contribution in [0.1, 0.15) is 16.7 Å². The molecule has 0 spiro atoms. The van der Waals surface area contributed by atoms with Crippen LogP contribution in [0, 0.1) is 13.8 Å². The van der Waals surface area contributed by atoms with Crippen LogP contribution < -0.4 is 15.2 Å². The lowest BCUT2D eigenvalue weighted by Gasteiger charge is -2.13. The number of nitrogens with two attached hydrogens (primary N) is 1. The second kappa shape index (κ2) is 6.76. The molecule has 2 N–H and O–H groups in total. The molecule has 0 saturated carbocycles. The van der Waals surface area contributed by atoms with Gasteiger partial charge in [0.05, 0.1) is 14.2 Å². The summed E-state index contributed by atoms with van der Waals surface area (Å²) in [5.41, 5.74) is 10.2. The quantitative estimate of drug-likeness (QED) is 0.664. The first-order valence-corrected chi connectivity index (χ1v) is 7.74. The average molecular weight is 303 g/mol. The van der Waals surface area contributed by atoms with Crippen LogP contribution in [0.3, 0.4) is 0 Å². The molecule has 0 saturated heterocycles. The van der Waals surface area contributed by atoms with Crippen molar-refractivity contribution in [3.63, 3.8) is 0 Å². The number of hydrogen-bond donors (Lipinski definition) is 1. The smallest absolute Gasteiger partial charge is 0.161 e. The van der Waals surface area contributed by atoms with Crippen LogP contribution in [-0.4, -0.2) is 14.2 Å². The van der Waals surface area contributed by atoms with Crippen molar-refractivity contribution in [1.29, 1.82) is 0 Å². The van der Waals surface area contributed by atoms with Crippen molar-refractivity contribution in [2.24, 2.45) is 0 Å². The van der Waals surface area contributed by atoms with Gasteiger partial charge >= 0.3 is 0 Å². The molecule has 0 aromatic heterocycles. The number of benzene rings is 2. The van der Waals surface area contributed by atoms with Crippen LogP contribution in [0.15, 0.2) is 35.2 Å². The summed E-state index contributed by atoms with van der Waals surface area (Å²) in [5.74, 6) is 2.43. The number of anilines is 1. The summed E-state index contributed by atoms with van der Waals surface area (Å²) in [7, 11) is 3.32. The molecule has 4 heteroatoms. The van der Waals surface area contributed by atoms with Gasteiger partial charge in [-0.25, -0.2) is 0 Å². The Labute approximate surface area is 130 Å². The number of aryl methyl sites for hydroxylation is 2. The van der Waals surface area contributed by atoms with Gasteiger partial charge in [-0.2, -0.15) is 0 Å². The average Bonchev–Trinajstić information content (AvgIpc) is 2.47. The maximum atomic E-state index is 5.79. The zero-order valence-electron chi connectivity index (χ0n) is 12.9. The van der Waals surface area contributed by atoms with Crippen molar-refractivity contribution in [1.82, 2.24) is 0 Å². The van der Waals surface area contributed by atoms with Crippen LogP contribution in [0.4, 0.5) is 5.69 Å². The predicted molar refractivity (Wildman–Crippen MR) is 89.4 cm³/mol. The fourth-order valence-electron chi connectivity index (χ4n) is 2.17. The highest BCUT2D eigenvalue weighted by molar-refractivity contribution is 7.98. The highest BCUT2D eigenvalue weighted by atomic mass is 32.2. The van der Waals surface area contributed by atoms with Gasteiger partial charge in [-0.15, -0.1) is 11.8 Å². The Bertz CT molecular complexity index is 641. The molecule has 0 unspecified atom stereocenters. The highest BCUT2D eigenvalue weighted by Gasteiger charge is 2.09. The Balaban J connectivity index is 2.19. The van der Waals surface area contributed by atoms with E-state index < -0.39 is 0 Å². The molecule has 0 aliphatic rings. The molecule has 0 bridgehead atoms. The van der Waals surface area contributed by atoms with E-state index in [4.69, 9.17) is 15.2 Å². The molecule has 0 amide bonds. The van der Waals surface area contributed by atoms with Gasteiger partial charge in [-0.3, -0.25) is 0 Å². The van der Waals surface area contributed by atoms with E-state index in [1.54, 1.807) is 26.0 Å². The molecular formula is C17H21NO2S. The zero-order valence-corrected chi connectivity index (χ0v) is 13.7. The van der Waals surface area contributed by atoms with Crippen molar-refractivity contribution < 1.29 is 9.47 Å². The van der Waals surface area contributed by atoms with Crippen LogP contribution in [0.25, 0.3) is 0 Å². The molecule has 0 heterocycles. The standard InChI is InChI=1S/C17H21NO2S/c1-11-8-15(19-3)16(20-4)9-13(11)10-21-17-6-5-14(18)7-12(17)2/h5-9H,10,18H2,1-4H3. The van der Waals surface area contributed by atoms with Gasteiger partial charge in [0, 0.05) is 16.3 Å². The van der Waals surface area contributed by atoms with Crippen LogP contribution >= 0.6 is 11.8 Å². The van der Waals surface area contributed by atoms with Gasteiger partial charge in [-0.1, -0.05) is 0 Å². The second-order valence-electron chi connectivity index (χ2n) is 4.95. The minimum absolute atomic E-state index is 0.771. The fraction of sp³-hybridized carbons (Fsp3) is 0.294. The summed E-state index contributed by atoms with van der Waals surface area (Å²) in [5, 5.41) is 0. The third kappa shape index (κ3) is 3.64. The first-order valence-electron chi connectivity index (χ1n) is 6.75. The maximum absolute atomic E-state index is 5.79. The number of nitrogen functional groups attached to an aromatic ring is 1. The third-order valence-electron chi connectivity index (χ3n) is 3.42. The molecule has 0 atom stereocenters. The Morgan fingerprint density at radius 2 is 1.62 bits per heavy atom. The number of ether oxygens (including phenoxy) is 2. The van der Waals surface area contributed by atoms with Gasteiger partial charge in [0.25, 0.3) is 0 Å². The first kappa shape index (κ1) is 15.6. The fourth-order valence-corrected chi connectivity index (χ4v) is 3.24. The minimum atomic E-state index is 0.771. The van der Waals surface area contributed by atoms with Crippen molar-refractivity contribution in [3.05, 3.63) is 47.0 Å². The molecule has 0 radical (unpaired) electrons. The van der Waals surface area contributed by atoms with E-state index in [-0.39, 0.29) is 0 Å². The Morgan fingerprint density at radius 1 is 0.952 bits per heavy atom. The topological polar surface area (TPSA) is 44.5 Å². The predicted octanol–water partition coefficient (Wildman–Crippen LogP) is 4.20. The molecule has 2 rings (SSSR count). The second-order valence-corrected chi connectivity index (χ2v) is 5.96. The molecule has 3 nitrogen and oxygen atoms in total. The molecular weight excluding hydrogens is 282 g/mol. The number of methoxy groups -OCH3 is 2. The minimum Gasteiger partial charge on any atom is -0.493 e. The van der Waals surface area contributed by atoms with E-state index in [0.717, 1.165) is 22.9 Å². The summed E-state index contributed by atoms with van der Waals surface area (Å²) >= 11 is 1.80. The Morgan fingerprint density at radius 3 is 2.24 bits per heavy atom. The normalized spacial score (nSPS) is 10.5. The molecule has 0 aliphatic carbocycles. The van der Waals surface area contributed by atoms with E-state index in [1.807, 2.05) is 24.3 Å². The van der Waals surface area contributed by atoms with Gasteiger partial charge < -0.3 is 15.2 Å². The SMILES string of the molecule is COc1cc(C)c(CSc2ccc(N)cc2C)cc1OC. The molecule has 2 aromatic carbocycles. The van der Waals surface area contributed by atoms with Crippen molar-refractivity contribution in [2.75, 3.05) is 20.0 Å². The van der Waals surface area contributed by atoms with E-state index in [2.05, 4.69) is 19.9 Å². The molecule has 21 heavy (non-hydrogen) atoms. The first-order chi connectivity index (χ1) is 10.0. The lowest BCUT2D eigenvalue weighted by Crippen LogP contribution is -1.95. The summed E-state index contributed by atoms with van der Waals surface area (Å²) < 4.78 is 10.7. The summed E-state index contributed by atoms with van der Waals surface area (Å²) in [6.45, 7) is 4.17. The van der Waals surface area contributed by atoms with E-state index >= 15 is 0 Å². The zero-order chi connectivity index (χ0) is 15.4. The number of hydrogen-bond acceptors (Lipinski definition) is 4. The van der Waals surface area contributed by atoms with E-state index in [0.29, 0.717) is 0 Å². The maximum Gasteiger partial charge on any atom is 0.161 e. The van der Waals surface area contributed by atoms with Gasteiger partial charge in [0.2, 0.25) is 0 Å². The molecule has 112 valence electrons. The lowest BCUT2D eigenvalue weighted by atomic mass is 10.1. The van der Waals surface area contributed by atoms with Crippen LogP contribution in [0.5, 0.6) is 11.5 Å². The van der Waals surface area contributed by atoms with Crippen molar-refractivity contribution >= 4 is 17.4 Å². The van der Waals surface area contributed by atoms with Crippen molar-refractivity contribution in [3.8, 4) is 11.5 Å².